The number of nitrogens with one attached hydrogen (secondary N) is 1. The molecule has 8 heteroatoms. The Morgan fingerprint density at radius 3 is 2.52 bits per heavy atom. The zero-order valence-corrected chi connectivity index (χ0v) is 13.6. The number of carbonyl (C=O) groups excluding carboxylic acids is 2. The van der Waals surface area contributed by atoms with Crippen LogP contribution in [-0.2, 0) is 22.4 Å². The van der Waals surface area contributed by atoms with Crippen molar-refractivity contribution in [2.75, 3.05) is 13.7 Å². The smallest absolute Gasteiger partial charge is 0.410 e. The molecular weight excluding hydrogens is 304 g/mol. The van der Waals surface area contributed by atoms with Gasteiger partial charge >= 0.3 is 12.1 Å². The summed E-state index contributed by atoms with van der Waals surface area (Å²) in [6.07, 6.45) is -0.207. The van der Waals surface area contributed by atoms with E-state index in [0.717, 1.165) is 7.11 Å². The third kappa shape index (κ3) is 3.46. The van der Waals surface area contributed by atoms with Gasteiger partial charge in [0.2, 0.25) is 0 Å². The fraction of sp³-hybridized carbons (Fsp3) is 0.533. The molecule has 0 fully saturated rings. The molecule has 8 nitrogen and oxygen atoms in total. The van der Waals surface area contributed by atoms with Crippen LogP contribution in [0.3, 0.4) is 0 Å². The fourth-order valence-corrected chi connectivity index (χ4v) is 2.37. The predicted molar refractivity (Wildman–Crippen MR) is 80.4 cm³/mol. The number of rotatable bonds is 1. The van der Waals surface area contributed by atoms with Gasteiger partial charge in [-0.25, -0.2) is 9.59 Å². The van der Waals surface area contributed by atoms with Gasteiger partial charge in [-0.1, -0.05) is 0 Å². The fourth-order valence-electron chi connectivity index (χ4n) is 2.37. The van der Waals surface area contributed by atoms with E-state index in [0.29, 0.717) is 24.2 Å². The van der Waals surface area contributed by atoms with Crippen molar-refractivity contribution >= 4 is 12.1 Å². The molecule has 0 saturated heterocycles. The van der Waals surface area contributed by atoms with Crippen LogP contribution in [0.2, 0.25) is 0 Å². The van der Waals surface area contributed by atoms with Gasteiger partial charge in [-0.3, -0.25) is 4.79 Å². The SMILES string of the molecule is COC(=O)c1c(O)c2c([nH]c1=O)CN(C(=O)OC(C)(C)C)CC2. The minimum Gasteiger partial charge on any atom is -0.506 e. The number of hydrogen-bond donors (Lipinski definition) is 2. The van der Waals surface area contributed by atoms with Crippen LogP contribution in [0, 0.1) is 0 Å². The molecule has 0 spiro atoms. The van der Waals surface area contributed by atoms with Gasteiger partial charge in [0.05, 0.1) is 13.7 Å². The second kappa shape index (κ2) is 5.94. The van der Waals surface area contributed by atoms with Crippen LogP contribution in [0.25, 0.3) is 0 Å². The highest BCUT2D eigenvalue weighted by Gasteiger charge is 2.30. The first-order valence-corrected chi connectivity index (χ1v) is 7.17. The topological polar surface area (TPSA) is 109 Å². The highest BCUT2D eigenvalue weighted by atomic mass is 16.6. The summed E-state index contributed by atoms with van der Waals surface area (Å²) in [5.41, 5.74) is -0.972. The Balaban J connectivity index is 2.31. The maximum Gasteiger partial charge on any atom is 0.410 e. The molecule has 23 heavy (non-hydrogen) atoms. The largest absolute Gasteiger partial charge is 0.506 e. The van der Waals surface area contributed by atoms with Crippen LogP contribution >= 0.6 is 0 Å². The van der Waals surface area contributed by atoms with E-state index in [1.54, 1.807) is 20.8 Å². The number of nitrogens with zero attached hydrogens (tertiary/aromatic N) is 1. The molecule has 0 aromatic carbocycles. The Kier molecular flexibility index (Phi) is 4.35. The second-order valence-corrected chi connectivity index (χ2v) is 6.28. The minimum absolute atomic E-state index is 0.0918. The van der Waals surface area contributed by atoms with Gasteiger partial charge in [-0.2, -0.15) is 0 Å². The molecule has 2 N–H and O–H groups in total. The zero-order chi connectivity index (χ0) is 17.4. The maximum absolute atomic E-state index is 12.1. The minimum atomic E-state index is -0.902. The highest BCUT2D eigenvalue weighted by Crippen LogP contribution is 2.28. The molecule has 1 aromatic heterocycles. The molecule has 0 bridgehead atoms. The first-order chi connectivity index (χ1) is 10.6. The quantitative estimate of drug-likeness (QED) is 0.750. The van der Waals surface area contributed by atoms with Crippen molar-refractivity contribution in [2.24, 2.45) is 0 Å². The van der Waals surface area contributed by atoms with Crippen molar-refractivity contribution in [3.8, 4) is 5.75 Å². The summed E-state index contributed by atoms with van der Waals surface area (Å²) in [6, 6.07) is 0. The predicted octanol–water partition coefficient (Wildman–Crippen LogP) is 1.16. The lowest BCUT2D eigenvalue weighted by Crippen LogP contribution is -2.41. The molecule has 2 rings (SSSR count). The normalized spacial score (nSPS) is 14.2. The molecular formula is C15H20N2O6. The monoisotopic (exact) mass is 324 g/mol. The van der Waals surface area contributed by atoms with Gasteiger partial charge in [0, 0.05) is 17.8 Å². The maximum atomic E-state index is 12.1. The average Bonchev–Trinajstić information content (AvgIpc) is 2.44. The lowest BCUT2D eigenvalue weighted by Gasteiger charge is -2.31. The van der Waals surface area contributed by atoms with Gasteiger partial charge in [0.1, 0.15) is 11.4 Å². The summed E-state index contributed by atoms with van der Waals surface area (Å²) in [5.74, 6) is -1.29. The summed E-state index contributed by atoms with van der Waals surface area (Å²) in [4.78, 5) is 39.6. The van der Waals surface area contributed by atoms with Gasteiger partial charge in [0.25, 0.3) is 5.56 Å². The third-order valence-corrected chi connectivity index (χ3v) is 3.40. The van der Waals surface area contributed by atoms with Crippen LogP contribution < -0.4 is 5.56 Å². The lowest BCUT2D eigenvalue weighted by atomic mass is 10.0. The van der Waals surface area contributed by atoms with Crippen molar-refractivity contribution in [1.82, 2.24) is 9.88 Å². The Bertz CT molecular complexity index is 701. The zero-order valence-electron chi connectivity index (χ0n) is 13.6. The Morgan fingerprint density at radius 2 is 1.96 bits per heavy atom. The number of fused-ring (bicyclic) bond motifs is 1. The Labute approximate surface area is 133 Å². The van der Waals surface area contributed by atoms with E-state index in [1.807, 2.05) is 0 Å². The average molecular weight is 324 g/mol. The molecule has 126 valence electrons. The molecule has 0 saturated carbocycles. The lowest BCUT2D eigenvalue weighted by molar-refractivity contribution is 0.0219. The van der Waals surface area contributed by atoms with Crippen LogP contribution in [0.15, 0.2) is 4.79 Å². The summed E-state index contributed by atoms with van der Waals surface area (Å²) in [6.45, 7) is 5.69. The number of carbonyl (C=O) groups is 2. The second-order valence-electron chi connectivity index (χ2n) is 6.28. The van der Waals surface area contributed by atoms with Crippen molar-refractivity contribution in [3.63, 3.8) is 0 Å². The van der Waals surface area contributed by atoms with Crippen LogP contribution in [0.5, 0.6) is 5.75 Å². The molecule has 1 aliphatic rings. The van der Waals surface area contributed by atoms with E-state index < -0.39 is 28.8 Å². The number of H-pyrrole nitrogens is 1. The van der Waals surface area contributed by atoms with E-state index in [9.17, 15) is 19.5 Å². The van der Waals surface area contributed by atoms with Crippen molar-refractivity contribution in [3.05, 3.63) is 27.2 Å². The molecule has 0 radical (unpaired) electrons. The van der Waals surface area contributed by atoms with Crippen molar-refractivity contribution in [1.29, 1.82) is 0 Å². The first kappa shape index (κ1) is 16.9. The third-order valence-electron chi connectivity index (χ3n) is 3.40. The summed E-state index contributed by atoms with van der Waals surface area (Å²) in [5, 5.41) is 10.2. The number of methoxy groups -OCH3 is 1. The summed E-state index contributed by atoms with van der Waals surface area (Å²) in [7, 11) is 1.13. The van der Waals surface area contributed by atoms with E-state index >= 15 is 0 Å². The van der Waals surface area contributed by atoms with E-state index in [-0.39, 0.29) is 12.3 Å². The number of aromatic nitrogens is 1. The summed E-state index contributed by atoms with van der Waals surface area (Å²) < 4.78 is 9.79. The van der Waals surface area contributed by atoms with Gasteiger partial charge < -0.3 is 24.5 Å². The van der Waals surface area contributed by atoms with E-state index in [2.05, 4.69) is 9.72 Å². The first-order valence-electron chi connectivity index (χ1n) is 7.17. The van der Waals surface area contributed by atoms with Crippen molar-refractivity contribution in [2.45, 2.75) is 39.3 Å². The molecule has 1 amide bonds. The molecule has 1 aromatic rings. The number of aromatic amines is 1. The number of hydrogen-bond acceptors (Lipinski definition) is 6. The number of aromatic hydroxyl groups is 1. The van der Waals surface area contributed by atoms with Crippen LogP contribution in [0.1, 0.15) is 42.4 Å². The Hall–Kier alpha value is -2.51. The van der Waals surface area contributed by atoms with Crippen LogP contribution in [-0.4, -0.2) is 46.3 Å². The molecule has 2 heterocycles. The number of amides is 1. The molecule has 0 aliphatic carbocycles. The highest BCUT2D eigenvalue weighted by molar-refractivity contribution is 5.92. The molecule has 0 unspecified atom stereocenters. The van der Waals surface area contributed by atoms with E-state index in [1.165, 1.54) is 4.90 Å². The van der Waals surface area contributed by atoms with Gasteiger partial charge in [-0.05, 0) is 27.2 Å². The Morgan fingerprint density at radius 1 is 1.30 bits per heavy atom. The van der Waals surface area contributed by atoms with E-state index in [4.69, 9.17) is 4.74 Å². The standard InChI is InChI=1S/C15H20N2O6/c1-15(2,3)23-14(21)17-6-5-8-9(7-17)16-12(19)10(11(8)18)13(20)22-4/h5-7H2,1-4H3,(H2,16,18,19). The van der Waals surface area contributed by atoms with Gasteiger partial charge in [0.15, 0.2) is 5.56 Å². The molecule has 1 aliphatic heterocycles. The van der Waals surface area contributed by atoms with Crippen molar-refractivity contribution < 1.29 is 24.2 Å². The number of ether oxygens (including phenoxy) is 2. The number of esters is 1. The van der Waals surface area contributed by atoms with Crippen LogP contribution in [0.4, 0.5) is 4.79 Å². The number of pyridine rings is 1. The van der Waals surface area contributed by atoms with Gasteiger partial charge in [-0.15, -0.1) is 0 Å². The molecule has 0 atom stereocenters. The summed E-state index contributed by atoms with van der Waals surface area (Å²) >= 11 is 0.